The van der Waals surface area contributed by atoms with Crippen LogP contribution in [0.3, 0.4) is 0 Å². The Labute approximate surface area is 175 Å². The highest BCUT2D eigenvalue weighted by Crippen LogP contribution is 2.35. The van der Waals surface area contributed by atoms with Crippen LogP contribution in [-0.2, 0) is 26.4 Å². The predicted molar refractivity (Wildman–Crippen MR) is 108 cm³/mol. The van der Waals surface area contributed by atoms with Crippen molar-refractivity contribution in [2.45, 2.75) is 38.5 Å². The molecular weight excluding hydrogens is 391 g/mol. The van der Waals surface area contributed by atoms with Crippen LogP contribution in [0.25, 0.3) is 0 Å². The van der Waals surface area contributed by atoms with E-state index < -0.39 is 5.60 Å². The van der Waals surface area contributed by atoms with Crippen LogP contribution in [0.15, 0.2) is 24.3 Å². The number of halogens is 1. The minimum atomic E-state index is -0.617. The summed E-state index contributed by atoms with van der Waals surface area (Å²) < 4.78 is 38.7. The first kappa shape index (κ1) is 21.0. The largest absolute Gasteiger partial charge is 0.492 e. The van der Waals surface area contributed by atoms with Gasteiger partial charge < -0.3 is 23.8 Å². The summed E-state index contributed by atoms with van der Waals surface area (Å²) in [6.45, 7) is 8.58. The van der Waals surface area contributed by atoms with E-state index >= 15 is 0 Å². The van der Waals surface area contributed by atoms with Gasteiger partial charge in [0, 0.05) is 25.6 Å². The van der Waals surface area contributed by atoms with E-state index in [9.17, 15) is 4.39 Å². The third-order valence-corrected chi connectivity index (χ3v) is 5.55. The molecule has 2 unspecified atom stereocenters. The highest BCUT2D eigenvalue weighted by molar-refractivity contribution is 5.35. The molecule has 0 amide bonds. The van der Waals surface area contributed by atoms with E-state index in [2.05, 4.69) is 26.6 Å². The fraction of sp³-hybridized carbons (Fsp3) is 0.619. The molecule has 1 aromatic heterocycles. The highest BCUT2D eigenvalue weighted by Gasteiger charge is 2.43. The Morgan fingerprint density at radius 2 is 2.17 bits per heavy atom. The highest BCUT2D eigenvalue weighted by atomic mass is 19.1. The molecule has 8 nitrogen and oxygen atoms in total. The lowest BCUT2D eigenvalue weighted by atomic mass is 10.0. The monoisotopic (exact) mass is 420 g/mol. The summed E-state index contributed by atoms with van der Waals surface area (Å²) in [5.41, 5.74) is -0.617. The van der Waals surface area contributed by atoms with Crippen LogP contribution in [0.4, 0.5) is 10.3 Å². The number of aromatic nitrogens is 3. The summed E-state index contributed by atoms with van der Waals surface area (Å²) in [5, 5.41) is 9.08. The zero-order chi connectivity index (χ0) is 21.0. The summed E-state index contributed by atoms with van der Waals surface area (Å²) in [5.74, 6) is 1.70. The van der Waals surface area contributed by atoms with Gasteiger partial charge in [0.05, 0.1) is 39.0 Å². The van der Waals surface area contributed by atoms with Crippen LogP contribution in [0, 0.1) is 5.82 Å². The minimum Gasteiger partial charge on any atom is -0.492 e. The molecule has 3 heterocycles. The molecule has 2 aromatic rings. The second-order valence-corrected chi connectivity index (χ2v) is 7.63. The molecule has 4 rings (SSSR count). The molecule has 0 N–H and O–H groups in total. The molecule has 0 radical (unpaired) electrons. The van der Waals surface area contributed by atoms with Crippen molar-refractivity contribution in [3.05, 3.63) is 35.9 Å². The number of morpholine rings is 1. The second-order valence-electron chi connectivity index (χ2n) is 7.63. The van der Waals surface area contributed by atoms with Gasteiger partial charge in [-0.3, -0.25) is 4.57 Å². The maximum Gasteiger partial charge on any atom is 0.227 e. The van der Waals surface area contributed by atoms with Crippen molar-refractivity contribution < 1.29 is 23.3 Å². The summed E-state index contributed by atoms with van der Waals surface area (Å²) in [4.78, 5) is 2.21. The molecule has 0 aliphatic carbocycles. The maximum atomic E-state index is 13.5. The smallest absolute Gasteiger partial charge is 0.227 e. The fourth-order valence-electron chi connectivity index (χ4n) is 4.06. The Morgan fingerprint density at radius 1 is 1.27 bits per heavy atom. The van der Waals surface area contributed by atoms with E-state index in [-0.39, 0.29) is 11.9 Å². The molecule has 2 aliphatic rings. The summed E-state index contributed by atoms with van der Waals surface area (Å²) in [6, 6.07) is 6.34. The fourth-order valence-corrected chi connectivity index (χ4v) is 4.06. The Kier molecular flexibility index (Phi) is 6.50. The van der Waals surface area contributed by atoms with Crippen LogP contribution < -0.4 is 9.64 Å². The van der Waals surface area contributed by atoms with Crippen molar-refractivity contribution in [3.63, 3.8) is 0 Å². The molecule has 0 saturated carbocycles. The lowest BCUT2D eigenvalue weighted by Crippen LogP contribution is -2.45. The van der Waals surface area contributed by atoms with Gasteiger partial charge in [-0.25, -0.2) is 4.39 Å². The molecule has 30 heavy (non-hydrogen) atoms. The molecule has 164 valence electrons. The van der Waals surface area contributed by atoms with Gasteiger partial charge in [0.15, 0.2) is 11.4 Å². The van der Waals surface area contributed by atoms with Gasteiger partial charge in [-0.15, -0.1) is 10.2 Å². The first-order valence-electron chi connectivity index (χ1n) is 10.5. The standard InChI is InChI=1S/C21H29FN4O4/c1-3-30-21(7-10-28-15-21)19-23-24-20(25-8-11-27-14-16(25)2)26(19)9-12-29-18-6-4-5-17(22)13-18/h4-6,13,16H,3,7-12,14-15H2,1-2H3. The van der Waals surface area contributed by atoms with E-state index in [0.29, 0.717) is 51.9 Å². The number of hydrogen-bond acceptors (Lipinski definition) is 7. The van der Waals surface area contributed by atoms with Crippen molar-refractivity contribution in [1.82, 2.24) is 14.8 Å². The predicted octanol–water partition coefficient (Wildman–Crippen LogP) is 2.37. The molecule has 2 fully saturated rings. The molecule has 9 heteroatoms. The third kappa shape index (κ3) is 4.28. The normalized spacial score (nSPS) is 24.4. The van der Waals surface area contributed by atoms with Gasteiger partial charge in [0.1, 0.15) is 18.2 Å². The van der Waals surface area contributed by atoms with Crippen LogP contribution in [0.2, 0.25) is 0 Å². The number of nitrogens with zero attached hydrogens (tertiary/aromatic N) is 4. The topological polar surface area (TPSA) is 70.9 Å². The quantitative estimate of drug-likeness (QED) is 0.649. The average molecular weight is 420 g/mol. The number of hydrogen-bond donors (Lipinski definition) is 0. The Hall–Kier alpha value is -2.23. The lowest BCUT2D eigenvalue weighted by molar-refractivity contribution is -0.0571. The average Bonchev–Trinajstić information content (AvgIpc) is 3.37. The first-order chi connectivity index (χ1) is 14.6. The van der Waals surface area contributed by atoms with E-state index in [4.69, 9.17) is 18.9 Å². The van der Waals surface area contributed by atoms with E-state index in [1.54, 1.807) is 12.1 Å². The van der Waals surface area contributed by atoms with Gasteiger partial charge in [0.25, 0.3) is 0 Å². The minimum absolute atomic E-state index is 0.182. The van der Waals surface area contributed by atoms with E-state index in [1.165, 1.54) is 12.1 Å². The van der Waals surface area contributed by atoms with Crippen LogP contribution in [0.1, 0.15) is 26.1 Å². The Balaban J connectivity index is 1.61. The van der Waals surface area contributed by atoms with Gasteiger partial charge in [-0.05, 0) is 26.0 Å². The summed E-state index contributed by atoms with van der Waals surface area (Å²) >= 11 is 0. The number of ether oxygens (including phenoxy) is 4. The van der Waals surface area contributed by atoms with Crippen molar-refractivity contribution in [2.24, 2.45) is 0 Å². The van der Waals surface area contributed by atoms with Crippen molar-refractivity contribution in [3.8, 4) is 5.75 Å². The zero-order valence-electron chi connectivity index (χ0n) is 17.6. The molecule has 2 atom stereocenters. The maximum absolute atomic E-state index is 13.5. The Bertz CT molecular complexity index is 840. The third-order valence-electron chi connectivity index (χ3n) is 5.55. The van der Waals surface area contributed by atoms with Crippen LogP contribution >= 0.6 is 0 Å². The Morgan fingerprint density at radius 3 is 2.90 bits per heavy atom. The number of rotatable bonds is 8. The van der Waals surface area contributed by atoms with E-state index in [1.807, 2.05) is 6.92 Å². The molecule has 0 spiro atoms. The summed E-state index contributed by atoms with van der Waals surface area (Å²) in [6.07, 6.45) is 0.725. The molecule has 2 saturated heterocycles. The van der Waals surface area contributed by atoms with Gasteiger partial charge in [-0.1, -0.05) is 6.07 Å². The van der Waals surface area contributed by atoms with Crippen molar-refractivity contribution in [1.29, 1.82) is 0 Å². The van der Waals surface area contributed by atoms with Crippen molar-refractivity contribution >= 4 is 5.95 Å². The van der Waals surface area contributed by atoms with E-state index in [0.717, 1.165) is 24.7 Å². The molecule has 0 bridgehead atoms. The number of benzene rings is 1. The summed E-state index contributed by atoms with van der Waals surface area (Å²) in [7, 11) is 0. The second kappa shape index (κ2) is 9.28. The molecular formula is C21H29FN4O4. The molecule has 1 aromatic carbocycles. The molecule has 2 aliphatic heterocycles. The zero-order valence-corrected chi connectivity index (χ0v) is 17.6. The van der Waals surface area contributed by atoms with Gasteiger partial charge in [-0.2, -0.15) is 0 Å². The van der Waals surface area contributed by atoms with Crippen LogP contribution in [0.5, 0.6) is 5.75 Å². The van der Waals surface area contributed by atoms with Gasteiger partial charge in [0.2, 0.25) is 5.95 Å². The van der Waals surface area contributed by atoms with Crippen LogP contribution in [-0.4, -0.2) is 67.0 Å². The lowest BCUT2D eigenvalue weighted by Gasteiger charge is -2.35. The SMILES string of the molecule is CCOC1(c2nnc(N3CCOCC3C)n2CCOc2cccc(F)c2)CCOC1. The first-order valence-corrected chi connectivity index (χ1v) is 10.5. The van der Waals surface area contributed by atoms with Gasteiger partial charge >= 0.3 is 0 Å². The number of anilines is 1. The van der Waals surface area contributed by atoms with Crippen molar-refractivity contribution in [2.75, 3.05) is 51.1 Å².